The highest BCUT2D eigenvalue weighted by Gasteiger charge is 2.15. The van der Waals surface area contributed by atoms with Gasteiger partial charge in [0.1, 0.15) is 5.82 Å². The molecule has 0 spiro atoms. The largest absolute Gasteiger partial charge is 0.380 e. The SMILES string of the molecule is O=C(/C=C/c1cccnc1)Nc1ccc(NC[C@H]2CCCO2)c(F)c1. The number of benzene rings is 1. The monoisotopic (exact) mass is 341 g/mol. The van der Waals surface area contributed by atoms with Gasteiger partial charge in [-0.1, -0.05) is 6.07 Å². The number of aromatic nitrogens is 1. The molecule has 25 heavy (non-hydrogen) atoms. The van der Waals surface area contributed by atoms with Gasteiger partial charge in [0.05, 0.1) is 11.8 Å². The quantitative estimate of drug-likeness (QED) is 0.790. The van der Waals surface area contributed by atoms with Crippen molar-refractivity contribution < 1.29 is 13.9 Å². The Labute approximate surface area is 145 Å². The average molecular weight is 341 g/mol. The maximum absolute atomic E-state index is 14.1. The van der Waals surface area contributed by atoms with Crippen molar-refractivity contribution in [2.45, 2.75) is 18.9 Å². The fraction of sp³-hybridized carbons (Fsp3) is 0.263. The molecule has 1 fully saturated rings. The molecule has 0 radical (unpaired) electrons. The number of carbonyl (C=O) groups excluding carboxylic acids is 1. The average Bonchev–Trinajstić information content (AvgIpc) is 3.14. The van der Waals surface area contributed by atoms with E-state index in [-0.39, 0.29) is 12.0 Å². The third-order valence-electron chi connectivity index (χ3n) is 3.89. The van der Waals surface area contributed by atoms with Gasteiger partial charge in [0, 0.05) is 37.3 Å². The highest BCUT2D eigenvalue weighted by atomic mass is 19.1. The van der Waals surface area contributed by atoms with Crippen LogP contribution in [-0.2, 0) is 9.53 Å². The first-order valence-electron chi connectivity index (χ1n) is 8.25. The predicted octanol–water partition coefficient (Wildman–Crippen LogP) is 3.46. The van der Waals surface area contributed by atoms with Crippen LogP contribution in [0.4, 0.5) is 15.8 Å². The molecule has 0 bridgehead atoms. The molecule has 1 amide bonds. The molecule has 1 aromatic heterocycles. The highest BCUT2D eigenvalue weighted by Crippen LogP contribution is 2.20. The van der Waals surface area contributed by atoms with Crippen LogP contribution in [0.25, 0.3) is 6.08 Å². The third kappa shape index (κ3) is 5.12. The van der Waals surface area contributed by atoms with E-state index >= 15 is 0 Å². The minimum atomic E-state index is -0.410. The summed E-state index contributed by atoms with van der Waals surface area (Å²) in [7, 11) is 0. The van der Waals surface area contributed by atoms with Crippen LogP contribution < -0.4 is 10.6 Å². The van der Waals surface area contributed by atoms with Crippen molar-refractivity contribution in [1.29, 1.82) is 0 Å². The maximum atomic E-state index is 14.1. The number of hydrogen-bond acceptors (Lipinski definition) is 4. The summed E-state index contributed by atoms with van der Waals surface area (Å²) in [6, 6.07) is 8.20. The van der Waals surface area contributed by atoms with Crippen molar-refractivity contribution in [3.8, 4) is 0 Å². The molecule has 0 saturated carbocycles. The predicted molar refractivity (Wildman–Crippen MR) is 95.8 cm³/mol. The van der Waals surface area contributed by atoms with E-state index in [2.05, 4.69) is 15.6 Å². The zero-order valence-corrected chi connectivity index (χ0v) is 13.7. The van der Waals surface area contributed by atoms with E-state index in [4.69, 9.17) is 4.74 Å². The number of halogens is 1. The molecule has 1 aliphatic rings. The first kappa shape index (κ1) is 17.1. The van der Waals surface area contributed by atoms with E-state index in [1.54, 1.807) is 36.7 Å². The molecule has 130 valence electrons. The molecule has 0 aliphatic carbocycles. The maximum Gasteiger partial charge on any atom is 0.248 e. The smallest absolute Gasteiger partial charge is 0.248 e. The Bertz CT molecular complexity index is 744. The molecule has 1 aliphatic heterocycles. The molecule has 5 nitrogen and oxygen atoms in total. The minimum Gasteiger partial charge on any atom is -0.380 e. The van der Waals surface area contributed by atoms with Crippen LogP contribution >= 0.6 is 0 Å². The Hall–Kier alpha value is -2.73. The third-order valence-corrected chi connectivity index (χ3v) is 3.89. The molecule has 2 N–H and O–H groups in total. The number of anilines is 2. The standard InChI is InChI=1S/C19H20FN3O2/c20-17-11-15(6-7-18(17)22-13-16-4-2-10-25-16)23-19(24)8-5-14-3-1-9-21-12-14/h1,3,5-9,11-12,16,22H,2,4,10,13H2,(H,23,24)/b8-5+/t16-/m1/s1. The minimum absolute atomic E-state index is 0.136. The van der Waals surface area contributed by atoms with Crippen LogP contribution in [0.2, 0.25) is 0 Å². The molecule has 1 aromatic carbocycles. The Morgan fingerprint density at radius 1 is 1.40 bits per heavy atom. The van der Waals surface area contributed by atoms with Gasteiger partial charge in [-0.25, -0.2) is 4.39 Å². The van der Waals surface area contributed by atoms with Gasteiger partial charge < -0.3 is 15.4 Å². The Balaban J connectivity index is 1.54. The molecule has 1 saturated heterocycles. The zero-order chi connectivity index (χ0) is 17.5. The Morgan fingerprint density at radius 3 is 3.04 bits per heavy atom. The Kier molecular flexibility index (Phi) is 5.74. The number of hydrogen-bond donors (Lipinski definition) is 2. The van der Waals surface area contributed by atoms with E-state index in [1.165, 1.54) is 12.1 Å². The van der Waals surface area contributed by atoms with E-state index in [0.29, 0.717) is 17.9 Å². The number of pyridine rings is 1. The van der Waals surface area contributed by atoms with E-state index in [1.807, 2.05) is 6.07 Å². The van der Waals surface area contributed by atoms with Crippen molar-refractivity contribution in [2.75, 3.05) is 23.8 Å². The number of nitrogens with zero attached hydrogens (tertiary/aromatic N) is 1. The normalized spacial score (nSPS) is 16.9. The van der Waals surface area contributed by atoms with Crippen LogP contribution in [0.1, 0.15) is 18.4 Å². The summed E-state index contributed by atoms with van der Waals surface area (Å²) in [5.74, 6) is -0.740. The second-order valence-electron chi connectivity index (χ2n) is 5.82. The fourth-order valence-corrected chi connectivity index (χ4v) is 2.60. The molecule has 2 aromatic rings. The van der Waals surface area contributed by atoms with Gasteiger partial charge in [-0.05, 0) is 48.7 Å². The van der Waals surface area contributed by atoms with E-state index < -0.39 is 5.82 Å². The van der Waals surface area contributed by atoms with Crippen molar-refractivity contribution >= 4 is 23.4 Å². The first-order chi connectivity index (χ1) is 12.2. The summed E-state index contributed by atoms with van der Waals surface area (Å²) >= 11 is 0. The molecule has 1 atom stereocenters. The van der Waals surface area contributed by atoms with Crippen LogP contribution in [0.3, 0.4) is 0 Å². The van der Waals surface area contributed by atoms with E-state index in [0.717, 1.165) is 25.0 Å². The molecule has 0 unspecified atom stereocenters. The lowest BCUT2D eigenvalue weighted by molar-refractivity contribution is -0.111. The topological polar surface area (TPSA) is 63.2 Å². The Morgan fingerprint density at radius 2 is 2.32 bits per heavy atom. The zero-order valence-electron chi connectivity index (χ0n) is 13.7. The summed E-state index contributed by atoms with van der Waals surface area (Å²) in [4.78, 5) is 15.9. The fourth-order valence-electron chi connectivity index (χ4n) is 2.60. The van der Waals surface area contributed by atoms with Gasteiger partial charge >= 0.3 is 0 Å². The lowest BCUT2D eigenvalue weighted by Gasteiger charge is -2.13. The number of carbonyl (C=O) groups is 1. The lowest BCUT2D eigenvalue weighted by Crippen LogP contribution is -2.19. The number of ether oxygens (including phenoxy) is 1. The summed E-state index contributed by atoms with van der Waals surface area (Å²) in [5.41, 5.74) is 1.62. The summed E-state index contributed by atoms with van der Waals surface area (Å²) in [6.07, 6.45) is 8.52. The molecule has 2 heterocycles. The van der Waals surface area contributed by atoms with E-state index in [9.17, 15) is 9.18 Å². The van der Waals surface area contributed by atoms with Crippen LogP contribution in [0.5, 0.6) is 0 Å². The van der Waals surface area contributed by atoms with Crippen molar-refractivity contribution in [3.63, 3.8) is 0 Å². The summed E-state index contributed by atoms with van der Waals surface area (Å²) in [6.45, 7) is 1.35. The second kappa shape index (κ2) is 8.39. The van der Waals surface area contributed by atoms with Gasteiger partial charge in [0.15, 0.2) is 0 Å². The number of nitrogens with one attached hydrogen (secondary N) is 2. The van der Waals surface area contributed by atoms with Crippen LogP contribution in [0.15, 0.2) is 48.8 Å². The summed E-state index contributed by atoms with van der Waals surface area (Å²) in [5, 5.41) is 5.69. The first-order valence-corrected chi connectivity index (χ1v) is 8.25. The summed E-state index contributed by atoms with van der Waals surface area (Å²) < 4.78 is 19.6. The van der Waals surface area contributed by atoms with Crippen LogP contribution in [0, 0.1) is 5.82 Å². The lowest BCUT2D eigenvalue weighted by atomic mass is 10.2. The van der Waals surface area contributed by atoms with Gasteiger partial charge in [-0.15, -0.1) is 0 Å². The highest BCUT2D eigenvalue weighted by molar-refractivity contribution is 6.01. The van der Waals surface area contributed by atoms with Crippen molar-refractivity contribution in [2.24, 2.45) is 0 Å². The molecular formula is C19H20FN3O2. The molecule has 6 heteroatoms. The van der Waals surface area contributed by atoms with Gasteiger partial charge in [-0.2, -0.15) is 0 Å². The van der Waals surface area contributed by atoms with Crippen molar-refractivity contribution in [3.05, 3.63) is 60.2 Å². The molecule has 3 rings (SSSR count). The number of rotatable bonds is 6. The van der Waals surface area contributed by atoms with Gasteiger partial charge in [0.25, 0.3) is 0 Å². The van der Waals surface area contributed by atoms with Gasteiger partial charge in [0.2, 0.25) is 5.91 Å². The second-order valence-corrected chi connectivity index (χ2v) is 5.82. The van der Waals surface area contributed by atoms with Gasteiger partial charge in [-0.3, -0.25) is 9.78 Å². The van der Waals surface area contributed by atoms with Crippen LogP contribution in [-0.4, -0.2) is 30.1 Å². The number of amides is 1. The molecular weight excluding hydrogens is 321 g/mol. The van der Waals surface area contributed by atoms with Crippen molar-refractivity contribution in [1.82, 2.24) is 4.98 Å².